The predicted octanol–water partition coefficient (Wildman–Crippen LogP) is 3.16. The van der Waals surface area contributed by atoms with Gasteiger partial charge in [-0.25, -0.2) is 0 Å². The van der Waals surface area contributed by atoms with Gasteiger partial charge >= 0.3 is 0 Å². The van der Waals surface area contributed by atoms with Crippen molar-refractivity contribution in [2.75, 3.05) is 33.2 Å². The van der Waals surface area contributed by atoms with Crippen LogP contribution in [0.25, 0.3) is 0 Å². The van der Waals surface area contributed by atoms with Crippen LogP contribution in [-0.4, -0.2) is 56.0 Å². The number of amides is 1. The number of rotatable bonds is 9. The Morgan fingerprint density at radius 1 is 1.16 bits per heavy atom. The molecule has 1 aliphatic rings. The number of hydrogen-bond acceptors (Lipinski definition) is 4. The van der Waals surface area contributed by atoms with Crippen LogP contribution in [0, 0.1) is 6.92 Å². The van der Waals surface area contributed by atoms with Crippen LogP contribution in [0.4, 0.5) is 0 Å². The Morgan fingerprint density at radius 3 is 2.65 bits per heavy atom. The van der Waals surface area contributed by atoms with Gasteiger partial charge in [-0.15, -0.1) is 24.0 Å². The van der Waals surface area contributed by atoms with Gasteiger partial charge in [-0.2, -0.15) is 0 Å². The van der Waals surface area contributed by atoms with Crippen LogP contribution in [0.15, 0.2) is 52.1 Å². The van der Waals surface area contributed by atoms with Gasteiger partial charge in [-0.3, -0.25) is 14.7 Å². The van der Waals surface area contributed by atoms with Crippen molar-refractivity contribution < 1.29 is 9.21 Å². The van der Waals surface area contributed by atoms with E-state index in [1.807, 2.05) is 6.92 Å². The molecule has 1 aliphatic heterocycles. The van der Waals surface area contributed by atoms with Crippen LogP contribution in [0.1, 0.15) is 40.9 Å². The Balaban J connectivity index is 0.00000341. The molecule has 1 aromatic carbocycles. The Labute approximate surface area is 202 Å². The van der Waals surface area contributed by atoms with Crippen molar-refractivity contribution in [2.45, 2.75) is 38.8 Å². The summed E-state index contributed by atoms with van der Waals surface area (Å²) >= 11 is 0. The highest BCUT2D eigenvalue weighted by atomic mass is 127. The van der Waals surface area contributed by atoms with Crippen LogP contribution in [0.3, 0.4) is 0 Å². The molecule has 0 spiro atoms. The molecule has 170 valence electrons. The van der Waals surface area contributed by atoms with Crippen LogP contribution in [-0.2, 0) is 6.54 Å². The van der Waals surface area contributed by atoms with Crippen LogP contribution in [0.5, 0.6) is 0 Å². The summed E-state index contributed by atoms with van der Waals surface area (Å²) in [7, 11) is 1.78. The van der Waals surface area contributed by atoms with Gasteiger partial charge in [0.15, 0.2) is 11.7 Å². The number of carbonyl (C=O) groups excluding carboxylic acids is 1. The monoisotopic (exact) mass is 539 g/mol. The molecule has 8 heteroatoms. The van der Waals surface area contributed by atoms with Crippen molar-refractivity contribution in [3.63, 3.8) is 0 Å². The molecule has 1 saturated heterocycles. The zero-order valence-corrected chi connectivity index (χ0v) is 20.7. The fraction of sp³-hybridized carbons (Fsp3) is 0.478. The van der Waals surface area contributed by atoms with Crippen molar-refractivity contribution >= 4 is 35.8 Å². The smallest absolute Gasteiger partial charge is 0.287 e. The van der Waals surface area contributed by atoms with Gasteiger partial charge in [-0.05, 0) is 44.4 Å². The second-order valence-corrected chi connectivity index (χ2v) is 7.67. The summed E-state index contributed by atoms with van der Waals surface area (Å²) in [6.07, 6.45) is 4.78. The molecule has 0 saturated carbocycles. The molecule has 7 nitrogen and oxygen atoms in total. The van der Waals surface area contributed by atoms with Gasteiger partial charge in [-0.1, -0.05) is 30.3 Å². The van der Waals surface area contributed by atoms with E-state index in [0.29, 0.717) is 18.3 Å². The summed E-state index contributed by atoms with van der Waals surface area (Å²) in [4.78, 5) is 18.9. The molecule has 1 atom stereocenters. The molecule has 31 heavy (non-hydrogen) atoms. The lowest BCUT2D eigenvalue weighted by molar-refractivity contribution is 0.0925. The number of likely N-dealkylation sites (tertiary alicyclic amines) is 1. The molecule has 3 rings (SSSR count). The summed E-state index contributed by atoms with van der Waals surface area (Å²) in [6.45, 7) is 6.18. The van der Waals surface area contributed by atoms with E-state index in [1.165, 1.54) is 24.7 Å². The van der Waals surface area contributed by atoms with Gasteiger partial charge in [0.05, 0.1) is 6.26 Å². The van der Waals surface area contributed by atoms with E-state index in [0.717, 1.165) is 44.1 Å². The third kappa shape index (κ3) is 7.84. The first-order valence-corrected chi connectivity index (χ1v) is 10.7. The highest BCUT2D eigenvalue weighted by molar-refractivity contribution is 14.0. The summed E-state index contributed by atoms with van der Waals surface area (Å²) in [5.41, 5.74) is 2.21. The molecule has 2 heterocycles. The standard InChI is InChI=1S/C23H33N5O2.HI/c1-18-11-15-30-21(18)22(29)25-12-7-13-26-23(24-2)27-16-20-10-6-14-28(20)17-19-8-4-3-5-9-19;/h3-5,8-9,11,15,20H,6-7,10,12-14,16-17H2,1-2H3,(H,25,29)(H2,24,26,27);1H. The van der Waals surface area contributed by atoms with E-state index in [9.17, 15) is 4.79 Å². The fourth-order valence-corrected chi connectivity index (χ4v) is 3.77. The third-order valence-corrected chi connectivity index (χ3v) is 5.46. The van der Waals surface area contributed by atoms with Gasteiger partial charge in [0.2, 0.25) is 0 Å². The summed E-state index contributed by atoms with van der Waals surface area (Å²) in [6, 6.07) is 12.9. The van der Waals surface area contributed by atoms with Gasteiger partial charge in [0.1, 0.15) is 0 Å². The molecule has 3 N–H and O–H groups in total. The van der Waals surface area contributed by atoms with E-state index in [2.05, 4.69) is 56.2 Å². The number of nitrogens with zero attached hydrogens (tertiary/aromatic N) is 2. The van der Waals surface area contributed by atoms with Crippen molar-refractivity contribution in [2.24, 2.45) is 4.99 Å². The summed E-state index contributed by atoms with van der Waals surface area (Å²) in [5, 5.41) is 9.66. The lowest BCUT2D eigenvalue weighted by atomic mass is 10.2. The lowest BCUT2D eigenvalue weighted by Crippen LogP contribution is -2.45. The number of nitrogens with one attached hydrogen (secondary N) is 3. The second kappa shape index (κ2) is 13.4. The first kappa shape index (κ1) is 25.2. The Morgan fingerprint density at radius 2 is 1.94 bits per heavy atom. The quantitative estimate of drug-likeness (QED) is 0.198. The number of guanidine groups is 1. The first-order valence-electron chi connectivity index (χ1n) is 10.7. The number of hydrogen-bond donors (Lipinski definition) is 3. The van der Waals surface area contributed by atoms with E-state index in [-0.39, 0.29) is 29.9 Å². The Hall–Kier alpha value is -2.07. The van der Waals surface area contributed by atoms with Crippen LogP contribution < -0.4 is 16.0 Å². The van der Waals surface area contributed by atoms with Crippen molar-refractivity contribution in [3.05, 3.63) is 59.5 Å². The molecule has 0 radical (unpaired) electrons. The maximum Gasteiger partial charge on any atom is 0.287 e. The lowest BCUT2D eigenvalue weighted by Gasteiger charge is -2.25. The minimum Gasteiger partial charge on any atom is -0.459 e. The normalized spacial score (nSPS) is 16.6. The van der Waals surface area contributed by atoms with Crippen LogP contribution in [0.2, 0.25) is 0 Å². The molecule has 1 fully saturated rings. The van der Waals surface area contributed by atoms with E-state index < -0.39 is 0 Å². The number of aryl methyl sites for hydroxylation is 1. The number of furan rings is 1. The summed E-state index contributed by atoms with van der Waals surface area (Å²) < 4.78 is 5.20. The zero-order valence-electron chi connectivity index (χ0n) is 18.4. The average Bonchev–Trinajstić information content (AvgIpc) is 3.39. The maximum absolute atomic E-state index is 12.0. The molecule has 1 unspecified atom stereocenters. The molecule has 2 aromatic rings. The zero-order chi connectivity index (χ0) is 21.2. The van der Waals surface area contributed by atoms with Gasteiger partial charge in [0.25, 0.3) is 5.91 Å². The second-order valence-electron chi connectivity index (χ2n) is 7.67. The van der Waals surface area contributed by atoms with Crippen molar-refractivity contribution in [1.29, 1.82) is 0 Å². The average molecular weight is 539 g/mol. The molecular weight excluding hydrogens is 505 g/mol. The SMILES string of the molecule is CN=C(NCCCNC(=O)c1occc1C)NCC1CCCN1Cc1ccccc1.I. The molecule has 1 amide bonds. The Kier molecular flexibility index (Phi) is 10.9. The maximum atomic E-state index is 12.0. The molecule has 0 aliphatic carbocycles. The van der Waals surface area contributed by atoms with E-state index >= 15 is 0 Å². The largest absolute Gasteiger partial charge is 0.459 e. The number of carbonyl (C=O) groups is 1. The molecule has 0 bridgehead atoms. The van der Waals surface area contributed by atoms with Crippen LogP contribution >= 0.6 is 24.0 Å². The number of benzene rings is 1. The number of halogens is 1. The minimum absolute atomic E-state index is 0. The first-order chi connectivity index (χ1) is 14.7. The van der Waals surface area contributed by atoms with Gasteiger partial charge in [0, 0.05) is 44.8 Å². The third-order valence-electron chi connectivity index (χ3n) is 5.46. The Bertz CT molecular complexity index is 824. The topological polar surface area (TPSA) is 81.9 Å². The minimum atomic E-state index is -0.167. The number of aliphatic imine (C=N–C) groups is 1. The molecular formula is C23H34IN5O2. The van der Waals surface area contributed by atoms with Gasteiger partial charge < -0.3 is 20.4 Å². The van der Waals surface area contributed by atoms with E-state index in [4.69, 9.17) is 4.42 Å². The van der Waals surface area contributed by atoms with Crippen molar-refractivity contribution in [3.8, 4) is 0 Å². The molecule has 1 aromatic heterocycles. The summed E-state index contributed by atoms with van der Waals surface area (Å²) in [5.74, 6) is 1.02. The highest BCUT2D eigenvalue weighted by Crippen LogP contribution is 2.19. The van der Waals surface area contributed by atoms with Crippen molar-refractivity contribution in [1.82, 2.24) is 20.9 Å². The highest BCUT2D eigenvalue weighted by Gasteiger charge is 2.24. The fourth-order valence-electron chi connectivity index (χ4n) is 3.77. The van der Waals surface area contributed by atoms with E-state index in [1.54, 1.807) is 13.1 Å². The predicted molar refractivity (Wildman–Crippen MR) is 135 cm³/mol.